The molecule has 0 radical (unpaired) electrons. The number of amides is 1. The van der Waals surface area contributed by atoms with E-state index in [1.165, 1.54) is 0 Å². The van der Waals surface area contributed by atoms with E-state index in [2.05, 4.69) is 5.32 Å². The molecule has 0 aromatic heterocycles. The van der Waals surface area contributed by atoms with Gasteiger partial charge in [0.2, 0.25) is 5.91 Å². The summed E-state index contributed by atoms with van der Waals surface area (Å²) in [4.78, 5) is 12.0. The van der Waals surface area contributed by atoms with Crippen molar-refractivity contribution in [1.82, 2.24) is 0 Å². The Hall–Kier alpha value is -2.40. The molecule has 0 unspecified atom stereocenters. The zero-order valence-electron chi connectivity index (χ0n) is 14.4. The van der Waals surface area contributed by atoms with Gasteiger partial charge >= 0.3 is 0 Å². The first-order valence-electron chi connectivity index (χ1n) is 8.11. The van der Waals surface area contributed by atoms with Crippen molar-refractivity contribution < 1.29 is 19.0 Å². The van der Waals surface area contributed by atoms with Crippen molar-refractivity contribution >= 4 is 23.2 Å². The molecule has 0 aliphatic heterocycles. The molecule has 2 aromatic rings. The number of benzene rings is 2. The van der Waals surface area contributed by atoms with Gasteiger partial charge in [-0.15, -0.1) is 0 Å². The van der Waals surface area contributed by atoms with Crippen molar-refractivity contribution in [3.8, 4) is 17.2 Å². The van der Waals surface area contributed by atoms with Crippen molar-refractivity contribution in [3.05, 3.63) is 47.5 Å². The fourth-order valence-electron chi connectivity index (χ4n) is 2.21. The molecule has 6 heteroatoms. The Bertz CT molecular complexity index is 688. The minimum atomic E-state index is -0.115. The maximum atomic E-state index is 12.0. The van der Waals surface area contributed by atoms with Crippen LogP contribution in [0.1, 0.15) is 19.8 Å². The maximum Gasteiger partial charge on any atom is 0.224 e. The first-order chi connectivity index (χ1) is 12.1. The number of hydrogen-bond donors (Lipinski definition) is 1. The van der Waals surface area contributed by atoms with E-state index in [1.807, 2.05) is 31.2 Å². The number of halogens is 1. The van der Waals surface area contributed by atoms with Crippen molar-refractivity contribution in [1.29, 1.82) is 0 Å². The predicted molar refractivity (Wildman–Crippen MR) is 99.0 cm³/mol. The Morgan fingerprint density at radius 1 is 1.08 bits per heavy atom. The van der Waals surface area contributed by atoms with Crippen LogP contribution in [0.15, 0.2) is 42.5 Å². The lowest BCUT2D eigenvalue weighted by molar-refractivity contribution is -0.116. The number of methoxy groups -OCH3 is 1. The van der Waals surface area contributed by atoms with E-state index in [0.717, 1.165) is 11.5 Å². The molecular formula is C19H22ClNO4. The van der Waals surface area contributed by atoms with Crippen LogP contribution < -0.4 is 19.5 Å². The summed E-state index contributed by atoms with van der Waals surface area (Å²) in [6.07, 6.45) is 0.939. The summed E-state index contributed by atoms with van der Waals surface area (Å²) in [6, 6.07) is 12.5. The smallest absolute Gasteiger partial charge is 0.224 e. The van der Waals surface area contributed by atoms with E-state index in [-0.39, 0.29) is 5.91 Å². The molecule has 2 rings (SSSR count). The molecule has 25 heavy (non-hydrogen) atoms. The number of nitrogens with one attached hydrogen (secondary N) is 1. The molecule has 1 N–H and O–H groups in total. The quantitative estimate of drug-likeness (QED) is 0.664. The van der Waals surface area contributed by atoms with Gasteiger partial charge in [-0.2, -0.15) is 0 Å². The van der Waals surface area contributed by atoms with Gasteiger partial charge < -0.3 is 19.5 Å². The van der Waals surface area contributed by atoms with Gasteiger partial charge in [0.25, 0.3) is 0 Å². The number of ether oxygens (including phenoxy) is 3. The molecular weight excluding hydrogens is 342 g/mol. The van der Waals surface area contributed by atoms with Gasteiger partial charge in [-0.25, -0.2) is 0 Å². The number of anilines is 1. The van der Waals surface area contributed by atoms with Gasteiger partial charge in [0.1, 0.15) is 17.2 Å². The van der Waals surface area contributed by atoms with Crippen LogP contribution in [0.25, 0.3) is 0 Å². The SMILES string of the molecule is CCOc1ccc(OCCCC(=O)Nc2cc(Cl)ccc2OC)cc1. The van der Waals surface area contributed by atoms with Crippen LogP contribution in [0.4, 0.5) is 5.69 Å². The van der Waals surface area contributed by atoms with Gasteiger partial charge in [0.05, 0.1) is 26.0 Å². The summed E-state index contributed by atoms with van der Waals surface area (Å²) >= 11 is 5.95. The first kappa shape index (κ1) is 18.9. The summed E-state index contributed by atoms with van der Waals surface area (Å²) in [7, 11) is 1.55. The average molecular weight is 364 g/mol. The summed E-state index contributed by atoms with van der Waals surface area (Å²) in [5, 5.41) is 3.34. The second-order valence-corrected chi connectivity index (χ2v) is 5.69. The number of carbonyl (C=O) groups excluding carboxylic acids is 1. The van der Waals surface area contributed by atoms with Gasteiger partial charge in [-0.3, -0.25) is 4.79 Å². The maximum absolute atomic E-state index is 12.0. The molecule has 0 atom stereocenters. The number of rotatable bonds is 9. The second kappa shape index (κ2) is 9.79. The van der Waals surface area contributed by atoms with Crippen molar-refractivity contribution in [2.45, 2.75) is 19.8 Å². The molecule has 0 saturated carbocycles. The minimum Gasteiger partial charge on any atom is -0.495 e. The lowest BCUT2D eigenvalue weighted by atomic mass is 10.2. The third kappa shape index (κ3) is 6.19. The Balaban J connectivity index is 1.74. The molecule has 2 aromatic carbocycles. The van der Waals surface area contributed by atoms with Crippen LogP contribution in [-0.2, 0) is 4.79 Å². The molecule has 0 spiro atoms. The minimum absolute atomic E-state index is 0.115. The normalized spacial score (nSPS) is 10.2. The standard InChI is InChI=1S/C19H22ClNO4/c1-3-24-15-7-9-16(10-8-15)25-12-4-5-19(22)21-17-13-14(20)6-11-18(17)23-2/h6-11,13H,3-5,12H2,1-2H3,(H,21,22). The van der Waals surface area contributed by atoms with Crippen molar-refractivity contribution in [2.24, 2.45) is 0 Å². The van der Waals surface area contributed by atoms with E-state index in [9.17, 15) is 4.79 Å². The Morgan fingerprint density at radius 3 is 2.40 bits per heavy atom. The lowest BCUT2D eigenvalue weighted by Crippen LogP contribution is -2.13. The summed E-state index contributed by atoms with van der Waals surface area (Å²) in [6.45, 7) is 3.02. The third-order valence-electron chi connectivity index (χ3n) is 3.39. The van der Waals surface area contributed by atoms with Crippen molar-refractivity contribution in [2.75, 3.05) is 25.6 Å². The fourth-order valence-corrected chi connectivity index (χ4v) is 2.38. The van der Waals surface area contributed by atoms with Crippen LogP contribution in [0.3, 0.4) is 0 Å². The molecule has 0 aliphatic rings. The molecule has 0 saturated heterocycles. The number of hydrogen-bond acceptors (Lipinski definition) is 4. The highest BCUT2D eigenvalue weighted by molar-refractivity contribution is 6.31. The van der Waals surface area contributed by atoms with Gasteiger partial charge in [0, 0.05) is 11.4 Å². The molecule has 5 nitrogen and oxygen atoms in total. The zero-order valence-corrected chi connectivity index (χ0v) is 15.1. The lowest BCUT2D eigenvalue weighted by Gasteiger charge is -2.11. The monoisotopic (exact) mass is 363 g/mol. The Labute approximate surface area is 152 Å². The van der Waals surface area contributed by atoms with Crippen LogP contribution in [0, 0.1) is 0 Å². The Kier molecular flexibility index (Phi) is 7.41. The fraction of sp³-hybridized carbons (Fsp3) is 0.316. The number of carbonyl (C=O) groups is 1. The molecule has 1 amide bonds. The third-order valence-corrected chi connectivity index (χ3v) is 3.62. The van der Waals surface area contributed by atoms with E-state index in [1.54, 1.807) is 25.3 Å². The van der Waals surface area contributed by atoms with Crippen LogP contribution in [0.5, 0.6) is 17.2 Å². The van der Waals surface area contributed by atoms with E-state index < -0.39 is 0 Å². The average Bonchev–Trinajstić information content (AvgIpc) is 2.60. The summed E-state index contributed by atoms with van der Waals surface area (Å²) in [5.41, 5.74) is 0.562. The highest BCUT2D eigenvalue weighted by Crippen LogP contribution is 2.27. The van der Waals surface area contributed by atoms with Gasteiger partial charge in [-0.1, -0.05) is 11.6 Å². The van der Waals surface area contributed by atoms with E-state index in [0.29, 0.717) is 42.5 Å². The van der Waals surface area contributed by atoms with Crippen LogP contribution >= 0.6 is 11.6 Å². The molecule has 134 valence electrons. The van der Waals surface area contributed by atoms with Gasteiger partial charge in [-0.05, 0) is 55.8 Å². The van der Waals surface area contributed by atoms with E-state index >= 15 is 0 Å². The molecule has 0 heterocycles. The predicted octanol–water partition coefficient (Wildman–Crippen LogP) is 4.55. The largest absolute Gasteiger partial charge is 0.495 e. The molecule has 0 bridgehead atoms. The zero-order chi connectivity index (χ0) is 18.1. The topological polar surface area (TPSA) is 56.8 Å². The molecule has 0 fully saturated rings. The highest BCUT2D eigenvalue weighted by Gasteiger charge is 2.08. The van der Waals surface area contributed by atoms with Gasteiger partial charge in [0.15, 0.2) is 0 Å². The summed E-state index contributed by atoms with van der Waals surface area (Å²) < 4.78 is 16.2. The molecule has 0 aliphatic carbocycles. The van der Waals surface area contributed by atoms with Crippen LogP contribution in [0.2, 0.25) is 5.02 Å². The summed E-state index contributed by atoms with van der Waals surface area (Å²) in [5.74, 6) is 2.02. The second-order valence-electron chi connectivity index (χ2n) is 5.25. The van der Waals surface area contributed by atoms with Crippen molar-refractivity contribution in [3.63, 3.8) is 0 Å². The highest BCUT2D eigenvalue weighted by atomic mass is 35.5. The Morgan fingerprint density at radius 2 is 1.76 bits per heavy atom. The van der Waals surface area contributed by atoms with E-state index in [4.69, 9.17) is 25.8 Å². The van der Waals surface area contributed by atoms with Crippen LogP contribution in [-0.4, -0.2) is 26.2 Å². The first-order valence-corrected chi connectivity index (χ1v) is 8.49.